The van der Waals surface area contributed by atoms with Crippen molar-refractivity contribution >= 4 is 0 Å². The molecule has 0 aliphatic carbocycles. The molecule has 1 heterocycles. The molecule has 0 bridgehead atoms. The predicted molar refractivity (Wildman–Crippen MR) is 86.7 cm³/mol. The van der Waals surface area contributed by atoms with Crippen LogP contribution in [0.5, 0.6) is 0 Å². The van der Waals surface area contributed by atoms with Crippen molar-refractivity contribution in [3.05, 3.63) is 35.1 Å². The second-order valence-electron chi connectivity index (χ2n) is 6.77. The lowest BCUT2D eigenvalue weighted by Gasteiger charge is -2.21. The van der Waals surface area contributed by atoms with Crippen LogP contribution >= 0.6 is 0 Å². The first kappa shape index (κ1) is 16.4. The molecule has 1 aromatic rings. The Morgan fingerprint density at radius 1 is 1.29 bits per heavy atom. The smallest absolute Gasteiger partial charge is 0.127 e. The molecular weight excluding hydrogens is 263 g/mol. The summed E-state index contributed by atoms with van der Waals surface area (Å²) in [5.74, 6) is 0.738. The molecule has 1 unspecified atom stereocenters. The zero-order valence-electron chi connectivity index (χ0n) is 13.7. The molecule has 0 radical (unpaired) electrons. The van der Waals surface area contributed by atoms with Gasteiger partial charge in [0.2, 0.25) is 0 Å². The van der Waals surface area contributed by atoms with Crippen molar-refractivity contribution in [3.63, 3.8) is 0 Å². The van der Waals surface area contributed by atoms with Gasteiger partial charge in [0.25, 0.3) is 0 Å². The van der Waals surface area contributed by atoms with E-state index < -0.39 is 0 Å². The molecule has 3 heteroatoms. The van der Waals surface area contributed by atoms with Gasteiger partial charge in [0.15, 0.2) is 0 Å². The Morgan fingerprint density at radius 2 is 2.10 bits per heavy atom. The Labute approximate surface area is 128 Å². The Balaban J connectivity index is 1.99. The fraction of sp³-hybridized carbons (Fsp3) is 0.667. The molecule has 0 aromatic heterocycles. The van der Waals surface area contributed by atoms with Gasteiger partial charge in [-0.1, -0.05) is 32.9 Å². The maximum absolute atomic E-state index is 14.1. The summed E-state index contributed by atoms with van der Waals surface area (Å²) in [5.41, 5.74) is 2.01. The number of likely N-dealkylation sites (tertiary alicyclic amines) is 1. The summed E-state index contributed by atoms with van der Waals surface area (Å²) in [4.78, 5) is 2.40. The molecule has 1 saturated heterocycles. The summed E-state index contributed by atoms with van der Waals surface area (Å²) in [5, 5.41) is 3.39. The molecule has 0 spiro atoms. The average Bonchev–Trinajstić information content (AvgIpc) is 2.64. The number of nitrogens with one attached hydrogen (secondary N) is 1. The van der Waals surface area contributed by atoms with Crippen molar-refractivity contribution in [1.29, 1.82) is 0 Å². The van der Waals surface area contributed by atoms with Gasteiger partial charge >= 0.3 is 0 Å². The lowest BCUT2D eigenvalue weighted by Crippen LogP contribution is -2.25. The van der Waals surface area contributed by atoms with Crippen molar-refractivity contribution in [2.45, 2.75) is 59.2 Å². The van der Waals surface area contributed by atoms with Crippen molar-refractivity contribution < 1.29 is 4.39 Å². The minimum absolute atomic E-state index is 0.0689. The lowest BCUT2D eigenvalue weighted by atomic mass is 10.0. The highest BCUT2D eigenvalue weighted by Crippen LogP contribution is 2.20. The first-order valence-electron chi connectivity index (χ1n) is 8.27. The summed E-state index contributed by atoms with van der Waals surface area (Å²) < 4.78 is 14.1. The number of rotatable bonds is 5. The van der Waals surface area contributed by atoms with E-state index in [2.05, 4.69) is 31.0 Å². The average molecular weight is 292 g/mol. The third-order valence-electron chi connectivity index (χ3n) is 4.33. The van der Waals surface area contributed by atoms with Gasteiger partial charge in [-0.25, -0.2) is 4.39 Å². The topological polar surface area (TPSA) is 15.3 Å². The second kappa shape index (κ2) is 7.90. The molecule has 1 atom stereocenters. The molecule has 1 N–H and O–H groups in total. The molecule has 1 aliphatic heterocycles. The van der Waals surface area contributed by atoms with E-state index in [-0.39, 0.29) is 5.82 Å². The number of benzene rings is 1. The van der Waals surface area contributed by atoms with Crippen molar-refractivity contribution in [1.82, 2.24) is 10.2 Å². The Bertz CT molecular complexity index is 445. The van der Waals surface area contributed by atoms with Crippen LogP contribution in [0.1, 0.15) is 51.2 Å². The Kier molecular flexibility index (Phi) is 6.19. The molecule has 0 saturated carbocycles. The van der Waals surface area contributed by atoms with Gasteiger partial charge in [0, 0.05) is 24.7 Å². The highest BCUT2D eigenvalue weighted by atomic mass is 19.1. The normalized spacial score (nSPS) is 20.7. The summed E-state index contributed by atoms with van der Waals surface area (Å²) >= 11 is 0. The quantitative estimate of drug-likeness (QED) is 0.884. The second-order valence-corrected chi connectivity index (χ2v) is 6.77. The fourth-order valence-corrected chi connectivity index (χ4v) is 2.90. The van der Waals surface area contributed by atoms with Crippen LogP contribution in [0.4, 0.5) is 4.39 Å². The maximum Gasteiger partial charge on any atom is 0.127 e. The van der Waals surface area contributed by atoms with E-state index in [9.17, 15) is 4.39 Å². The van der Waals surface area contributed by atoms with Crippen molar-refractivity contribution in [3.8, 4) is 0 Å². The van der Waals surface area contributed by atoms with Gasteiger partial charge < -0.3 is 5.32 Å². The van der Waals surface area contributed by atoms with Crippen LogP contribution in [0.2, 0.25) is 0 Å². The monoisotopic (exact) mass is 292 g/mol. The van der Waals surface area contributed by atoms with Gasteiger partial charge in [-0.15, -0.1) is 0 Å². The summed E-state index contributed by atoms with van der Waals surface area (Å²) in [6.07, 6.45) is 3.77. The fourth-order valence-electron chi connectivity index (χ4n) is 2.90. The predicted octanol–water partition coefficient (Wildman–Crippen LogP) is 3.95. The van der Waals surface area contributed by atoms with E-state index >= 15 is 0 Å². The molecule has 21 heavy (non-hydrogen) atoms. The van der Waals surface area contributed by atoms with Crippen LogP contribution in [-0.2, 0) is 13.1 Å². The summed E-state index contributed by atoms with van der Waals surface area (Å²) in [6, 6.07) is 5.98. The number of halogens is 1. The van der Waals surface area contributed by atoms with Gasteiger partial charge in [0.05, 0.1) is 0 Å². The third kappa shape index (κ3) is 5.40. The zero-order chi connectivity index (χ0) is 15.2. The number of nitrogens with zero attached hydrogens (tertiary/aromatic N) is 1. The standard InChI is InChI=1S/C18H29FN2/c1-14(2)20-12-16-6-7-18(19)17(11-16)13-21-9-4-5-15(3)8-10-21/h6-7,11,14-15,20H,4-5,8-10,12-13H2,1-3H3. The van der Waals surface area contributed by atoms with Crippen molar-refractivity contribution in [2.75, 3.05) is 13.1 Å². The van der Waals surface area contributed by atoms with Crippen molar-refractivity contribution in [2.24, 2.45) is 5.92 Å². The van der Waals surface area contributed by atoms with Crippen LogP contribution in [0, 0.1) is 11.7 Å². The maximum atomic E-state index is 14.1. The summed E-state index contributed by atoms with van der Waals surface area (Å²) in [6.45, 7) is 10.3. The summed E-state index contributed by atoms with van der Waals surface area (Å²) in [7, 11) is 0. The van der Waals surface area contributed by atoms with Gasteiger partial charge in [-0.3, -0.25) is 4.90 Å². The Morgan fingerprint density at radius 3 is 2.86 bits per heavy atom. The SMILES string of the molecule is CC1CCCN(Cc2cc(CNC(C)C)ccc2F)CC1. The van der Waals surface area contributed by atoms with E-state index in [1.165, 1.54) is 24.8 Å². The van der Waals surface area contributed by atoms with E-state index in [0.717, 1.165) is 37.7 Å². The van der Waals surface area contributed by atoms with E-state index in [1.54, 1.807) is 6.07 Å². The first-order valence-corrected chi connectivity index (χ1v) is 8.27. The van der Waals surface area contributed by atoms with E-state index in [4.69, 9.17) is 0 Å². The van der Waals surface area contributed by atoms with Crippen LogP contribution in [0.3, 0.4) is 0 Å². The van der Waals surface area contributed by atoms with Gasteiger partial charge in [-0.05, 0) is 49.9 Å². The Hall–Kier alpha value is -0.930. The van der Waals surface area contributed by atoms with Crippen LogP contribution in [0.25, 0.3) is 0 Å². The van der Waals surface area contributed by atoms with E-state index in [0.29, 0.717) is 6.04 Å². The third-order valence-corrected chi connectivity index (χ3v) is 4.33. The van der Waals surface area contributed by atoms with Crippen LogP contribution in [0.15, 0.2) is 18.2 Å². The van der Waals surface area contributed by atoms with Crippen LogP contribution in [-0.4, -0.2) is 24.0 Å². The molecule has 2 nitrogen and oxygen atoms in total. The first-order chi connectivity index (χ1) is 10.0. The molecule has 1 aromatic carbocycles. The van der Waals surface area contributed by atoms with E-state index in [1.807, 2.05) is 12.1 Å². The highest BCUT2D eigenvalue weighted by molar-refractivity contribution is 5.25. The molecular formula is C18H29FN2. The van der Waals surface area contributed by atoms with Crippen LogP contribution < -0.4 is 5.32 Å². The number of hydrogen-bond donors (Lipinski definition) is 1. The molecule has 0 amide bonds. The molecule has 1 fully saturated rings. The largest absolute Gasteiger partial charge is 0.310 e. The minimum Gasteiger partial charge on any atom is -0.310 e. The molecule has 1 aliphatic rings. The molecule has 2 rings (SSSR count). The van der Waals surface area contributed by atoms with Gasteiger partial charge in [-0.2, -0.15) is 0 Å². The lowest BCUT2D eigenvalue weighted by molar-refractivity contribution is 0.269. The minimum atomic E-state index is -0.0689. The highest BCUT2D eigenvalue weighted by Gasteiger charge is 2.15. The zero-order valence-corrected chi connectivity index (χ0v) is 13.7. The number of hydrogen-bond acceptors (Lipinski definition) is 2. The molecule has 118 valence electrons. The van der Waals surface area contributed by atoms with Gasteiger partial charge in [0.1, 0.15) is 5.82 Å².